The van der Waals surface area contributed by atoms with Gasteiger partial charge in [-0.1, -0.05) is 30.3 Å². The summed E-state index contributed by atoms with van der Waals surface area (Å²) < 4.78 is 6.01. The summed E-state index contributed by atoms with van der Waals surface area (Å²) in [5, 5.41) is 0. The molecule has 1 aliphatic heterocycles. The predicted molar refractivity (Wildman–Crippen MR) is 75.4 cm³/mol. The molecule has 1 heterocycles. The van der Waals surface area contributed by atoms with E-state index in [1.807, 2.05) is 45.2 Å². The first-order valence-corrected chi connectivity index (χ1v) is 6.78. The highest BCUT2D eigenvalue weighted by Crippen LogP contribution is 2.61. The van der Waals surface area contributed by atoms with Crippen molar-refractivity contribution in [3.05, 3.63) is 47.7 Å². The van der Waals surface area contributed by atoms with E-state index in [4.69, 9.17) is 4.74 Å². The topological polar surface area (TPSA) is 29.5 Å². The predicted octanol–water partition coefficient (Wildman–Crippen LogP) is 2.93. The van der Waals surface area contributed by atoms with Crippen molar-refractivity contribution in [2.45, 2.75) is 31.9 Å². The summed E-state index contributed by atoms with van der Waals surface area (Å²) in [4.78, 5) is 14.0. The first-order valence-electron chi connectivity index (χ1n) is 6.78. The second-order valence-corrected chi connectivity index (χ2v) is 5.71. The number of benzene rings is 1. The first kappa shape index (κ1) is 12.3. The minimum Gasteiger partial charge on any atom is -0.476 e. The van der Waals surface area contributed by atoms with Crippen LogP contribution < -0.4 is 0 Å². The first-order chi connectivity index (χ1) is 9.04. The van der Waals surface area contributed by atoms with E-state index in [0.717, 1.165) is 6.42 Å². The number of likely N-dealkylation sites (N-methyl/N-ethyl adjacent to an activating group) is 1. The highest BCUT2D eigenvalue weighted by atomic mass is 16.5. The monoisotopic (exact) mass is 259 g/mol. The number of carbonyl (C=O) groups is 1. The molecule has 3 heteroatoms. The molecule has 1 aromatic rings. The number of rotatable bonds is 3. The van der Waals surface area contributed by atoms with Gasteiger partial charge in [0.2, 0.25) is 0 Å². The van der Waals surface area contributed by atoms with Crippen LogP contribution in [0, 0.1) is 5.92 Å². The fraction of sp³-hybridized carbons (Fsp3) is 0.438. The fourth-order valence-corrected chi connectivity index (χ4v) is 2.63. The maximum absolute atomic E-state index is 12.3. The molecule has 3 nitrogen and oxygen atoms in total. The molecular formula is C16H21NO2. The average molecular weight is 259 g/mol. The van der Waals surface area contributed by atoms with E-state index >= 15 is 0 Å². The van der Waals surface area contributed by atoms with Crippen LogP contribution >= 0.6 is 0 Å². The minimum atomic E-state index is -0.260. The van der Waals surface area contributed by atoms with Crippen molar-refractivity contribution in [1.29, 1.82) is 0 Å². The average Bonchev–Trinajstić information content (AvgIpc) is 3.00. The number of ether oxygens (including phenoxy) is 1. The second kappa shape index (κ2) is 4.12. The molecule has 1 fully saturated rings. The highest BCUT2D eigenvalue weighted by molar-refractivity contribution is 5.92. The summed E-state index contributed by atoms with van der Waals surface area (Å²) in [6.45, 7) is 4.00. The molecule has 0 radical (unpaired) electrons. The quantitative estimate of drug-likeness (QED) is 0.835. The van der Waals surface area contributed by atoms with Crippen LogP contribution in [0.1, 0.15) is 27.3 Å². The Balaban J connectivity index is 0.00000147. The van der Waals surface area contributed by atoms with Gasteiger partial charge in [-0.15, -0.1) is 0 Å². The molecule has 1 saturated carbocycles. The molecule has 102 valence electrons. The van der Waals surface area contributed by atoms with Crippen molar-refractivity contribution in [2.75, 3.05) is 7.05 Å². The molecule has 0 saturated heterocycles. The number of fused-ring (bicyclic) bond motifs is 1. The summed E-state index contributed by atoms with van der Waals surface area (Å²) in [7, 11) is 1.82. The summed E-state index contributed by atoms with van der Waals surface area (Å²) in [6.07, 6.45) is 2.98. The molecule has 2 atom stereocenters. The van der Waals surface area contributed by atoms with Crippen LogP contribution in [-0.2, 0) is 15.1 Å². The third-order valence-corrected chi connectivity index (χ3v) is 4.17. The minimum absolute atomic E-state index is 0. The SMILES string of the molecule is CC(C)N(C)C(=O)C1=CC2CC2(c2ccccc2)O1.[HH]. The fourth-order valence-electron chi connectivity index (χ4n) is 2.63. The molecule has 0 bridgehead atoms. The van der Waals surface area contributed by atoms with Gasteiger partial charge in [0.05, 0.1) is 0 Å². The number of amides is 1. The molecule has 2 aliphatic rings. The van der Waals surface area contributed by atoms with Crippen LogP contribution in [0.5, 0.6) is 0 Å². The second-order valence-electron chi connectivity index (χ2n) is 5.71. The lowest BCUT2D eigenvalue weighted by atomic mass is 10.1. The van der Waals surface area contributed by atoms with Gasteiger partial charge in [-0.25, -0.2) is 0 Å². The van der Waals surface area contributed by atoms with E-state index in [1.54, 1.807) is 4.90 Å². The third kappa shape index (κ3) is 1.84. The van der Waals surface area contributed by atoms with Gasteiger partial charge >= 0.3 is 0 Å². The molecule has 0 aromatic heterocycles. The van der Waals surface area contributed by atoms with Crippen molar-refractivity contribution in [2.24, 2.45) is 5.92 Å². The maximum Gasteiger partial charge on any atom is 0.288 e. The van der Waals surface area contributed by atoms with Gasteiger partial charge in [-0.2, -0.15) is 0 Å². The summed E-state index contributed by atoms with van der Waals surface area (Å²) >= 11 is 0. The number of hydrogen-bond donors (Lipinski definition) is 0. The smallest absolute Gasteiger partial charge is 0.288 e. The molecule has 0 spiro atoms. The van der Waals surface area contributed by atoms with E-state index in [-0.39, 0.29) is 19.0 Å². The van der Waals surface area contributed by atoms with Crippen molar-refractivity contribution in [3.8, 4) is 0 Å². The molecular weight excluding hydrogens is 238 g/mol. The summed E-state index contributed by atoms with van der Waals surface area (Å²) in [6, 6.07) is 10.4. The lowest BCUT2D eigenvalue weighted by Gasteiger charge is -2.24. The third-order valence-electron chi connectivity index (χ3n) is 4.17. The lowest BCUT2D eigenvalue weighted by Crippen LogP contribution is -2.34. The maximum atomic E-state index is 12.3. The van der Waals surface area contributed by atoms with Crippen molar-refractivity contribution < 1.29 is 11.0 Å². The normalized spacial score (nSPS) is 27.6. The van der Waals surface area contributed by atoms with Gasteiger partial charge < -0.3 is 9.64 Å². The van der Waals surface area contributed by atoms with Gasteiger partial charge in [0, 0.05) is 26.9 Å². The van der Waals surface area contributed by atoms with Crippen LogP contribution in [-0.4, -0.2) is 23.9 Å². The molecule has 1 aliphatic carbocycles. The Labute approximate surface area is 115 Å². The van der Waals surface area contributed by atoms with Crippen LogP contribution in [0.25, 0.3) is 0 Å². The zero-order valence-corrected chi connectivity index (χ0v) is 11.6. The van der Waals surface area contributed by atoms with E-state index in [9.17, 15) is 4.79 Å². The van der Waals surface area contributed by atoms with E-state index in [1.165, 1.54) is 5.56 Å². The van der Waals surface area contributed by atoms with E-state index in [2.05, 4.69) is 12.1 Å². The Bertz CT molecular complexity index is 541. The molecule has 19 heavy (non-hydrogen) atoms. The zero-order chi connectivity index (χ0) is 13.6. The molecule has 2 unspecified atom stereocenters. The summed E-state index contributed by atoms with van der Waals surface area (Å²) in [5.41, 5.74) is 0.913. The highest BCUT2D eigenvalue weighted by Gasteiger charge is 2.62. The van der Waals surface area contributed by atoms with Gasteiger partial charge in [0.15, 0.2) is 5.76 Å². The Morgan fingerprint density at radius 3 is 2.74 bits per heavy atom. The van der Waals surface area contributed by atoms with Gasteiger partial charge in [0.1, 0.15) is 5.60 Å². The number of nitrogens with zero attached hydrogens (tertiary/aromatic N) is 1. The summed E-state index contributed by atoms with van der Waals surface area (Å²) in [5.74, 6) is 0.850. The standard InChI is InChI=1S/C16H19NO2.H2/c1-11(2)17(3)15(18)14-9-13-10-16(13,19-14)12-7-5-4-6-8-12;/h4-9,11,13H,10H2,1-3H3;1H. The Morgan fingerprint density at radius 1 is 1.42 bits per heavy atom. The van der Waals surface area contributed by atoms with Crippen molar-refractivity contribution in [3.63, 3.8) is 0 Å². The largest absolute Gasteiger partial charge is 0.476 e. The zero-order valence-electron chi connectivity index (χ0n) is 11.6. The van der Waals surface area contributed by atoms with Crippen molar-refractivity contribution in [1.82, 2.24) is 4.90 Å². The van der Waals surface area contributed by atoms with Crippen LogP contribution in [0.15, 0.2) is 42.2 Å². The van der Waals surface area contributed by atoms with E-state index < -0.39 is 0 Å². The van der Waals surface area contributed by atoms with Gasteiger partial charge in [-0.3, -0.25) is 4.79 Å². The Morgan fingerprint density at radius 2 is 2.11 bits per heavy atom. The molecule has 1 aromatic carbocycles. The van der Waals surface area contributed by atoms with Crippen LogP contribution in [0.4, 0.5) is 0 Å². The lowest BCUT2D eigenvalue weighted by molar-refractivity contribution is -0.132. The number of hydrogen-bond acceptors (Lipinski definition) is 2. The van der Waals surface area contributed by atoms with Crippen LogP contribution in [0.3, 0.4) is 0 Å². The Hall–Kier alpha value is -1.77. The Kier molecular flexibility index (Phi) is 2.66. The molecule has 0 N–H and O–H groups in total. The van der Waals surface area contributed by atoms with Crippen molar-refractivity contribution >= 4 is 5.91 Å². The van der Waals surface area contributed by atoms with Gasteiger partial charge in [-0.05, 0) is 25.5 Å². The van der Waals surface area contributed by atoms with Crippen LogP contribution in [0.2, 0.25) is 0 Å². The van der Waals surface area contributed by atoms with E-state index in [0.29, 0.717) is 11.7 Å². The van der Waals surface area contributed by atoms with Gasteiger partial charge in [0.25, 0.3) is 5.91 Å². The number of carbonyl (C=O) groups excluding carboxylic acids is 1. The molecule has 3 rings (SSSR count). The molecule has 1 amide bonds.